The maximum Gasteiger partial charge on any atom is 0.272 e. The molecule has 1 saturated heterocycles. The molecule has 1 fully saturated rings. The van der Waals surface area contributed by atoms with Crippen LogP contribution >= 0.6 is 0 Å². The van der Waals surface area contributed by atoms with Crippen LogP contribution in [0, 0.1) is 0 Å². The van der Waals surface area contributed by atoms with Gasteiger partial charge >= 0.3 is 0 Å². The van der Waals surface area contributed by atoms with E-state index in [9.17, 15) is 4.79 Å². The first-order valence-electron chi connectivity index (χ1n) is 10.7. The van der Waals surface area contributed by atoms with Crippen LogP contribution in [0.1, 0.15) is 24.3 Å². The first-order chi connectivity index (χ1) is 15.6. The molecule has 0 aliphatic carbocycles. The Morgan fingerprint density at radius 3 is 2.62 bits per heavy atom. The average Bonchev–Trinajstić information content (AvgIpc) is 3.47. The fourth-order valence-electron chi connectivity index (χ4n) is 3.76. The zero-order valence-electron chi connectivity index (χ0n) is 18.1. The Labute approximate surface area is 185 Å². The summed E-state index contributed by atoms with van der Waals surface area (Å²) in [6.07, 6.45) is 3.79. The topological polar surface area (TPSA) is 89.6 Å². The predicted octanol–water partition coefficient (Wildman–Crippen LogP) is 2.56. The minimum atomic E-state index is -0.217. The fourth-order valence-corrected chi connectivity index (χ4v) is 3.76. The van der Waals surface area contributed by atoms with Crippen LogP contribution in [0.4, 0.5) is 5.82 Å². The maximum atomic E-state index is 12.6. The highest BCUT2D eigenvalue weighted by molar-refractivity contribution is 5.93. The Hall–Kier alpha value is -3.72. The number of carbonyl (C=O) groups is 1. The molecule has 5 rings (SSSR count). The first kappa shape index (κ1) is 20.2. The molecule has 0 saturated carbocycles. The molecule has 1 aliphatic rings. The molecule has 9 heteroatoms. The highest BCUT2D eigenvalue weighted by Crippen LogP contribution is 2.24. The van der Waals surface area contributed by atoms with Crippen LogP contribution in [-0.2, 0) is 4.74 Å². The summed E-state index contributed by atoms with van der Waals surface area (Å²) in [5.41, 5.74) is 3.02. The van der Waals surface area contributed by atoms with Crippen LogP contribution in [0.3, 0.4) is 0 Å². The molecule has 0 unspecified atom stereocenters. The van der Waals surface area contributed by atoms with E-state index in [1.165, 1.54) is 0 Å². The molecule has 3 aromatic heterocycles. The first-order valence-corrected chi connectivity index (χ1v) is 10.7. The molecule has 0 atom stereocenters. The van der Waals surface area contributed by atoms with E-state index in [0.29, 0.717) is 30.4 Å². The second-order valence-corrected chi connectivity index (χ2v) is 8.04. The van der Waals surface area contributed by atoms with E-state index in [1.807, 2.05) is 62.6 Å². The molecule has 164 valence electrons. The van der Waals surface area contributed by atoms with Gasteiger partial charge in [0.05, 0.1) is 19.4 Å². The summed E-state index contributed by atoms with van der Waals surface area (Å²) in [6.45, 7) is 6.60. The third-order valence-corrected chi connectivity index (χ3v) is 5.31. The van der Waals surface area contributed by atoms with Crippen LogP contribution in [0.25, 0.3) is 22.6 Å². The van der Waals surface area contributed by atoms with E-state index in [4.69, 9.17) is 9.72 Å². The van der Waals surface area contributed by atoms with E-state index in [0.717, 1.165) is 30.0 Å². The molecule has 9 nitrogen and oxygen atoms in total. The van der Waals surface area contributed by atoms with Gasteiger partial charge in [0.15, 0.2) is 17.2 Å². The van der Waals surface area contributed by atoms with E-state index >= 15 is 0 Å². The van der Waals surface area contributed by atoms with E-state index < -0.39 is 0 Å². The summed E-state index contributed by atoms with van der Waals surface area (Å²) in [5.74, 6) is 1.30. The largest absolute Gasteiger partial charge is 0.378 e. The number of ether oxygens (including phenoxy) is 1. The smallest absolute Gasteiger partial charge is 0.272 e. The predicted molar refractivity (Wildman–Crippen MR) is 121 cm³/mol. The van der Waals surface area contributed by atoms with Crippen molar-refractivity contribution < 1.29 is 9.53 Å². The lowest BCUT2D eigenvalue weighted by atomic mass is 10.1. The summed E-state index contributed by atoms with van der Waals surface area (Å²) >= 11 is 0. The van der Waals surface area contributed by atoms with Gasteiger partial charge in [0.2, 0.25) is 0 Å². The number of carbonyl (C=O) groups excluding carboxylic acids is 1. The lowest BCUT2D eigenvalue weighted by Gasteiger charge is -2.29. The van der Waals surface area contributed by atoms with Crippen LogP contribution in [0.15, 0.2) is 54.9 Å². The summed E-state index contributed by atoms with van der Waals surface area (Å²) in [5, 5.41) is 12.0. The minimum Gasteiger partial charge on any atom is -0.378 e. The van der Waals surface area contributed by atoms with Crippen molar-refractivity contribution in [1.82, 2.24) is 29.7 Å². The zero-order valence-corrected chi connectivity index (χ0v) is 18.1. The number of nitrogens with zero attached hydrogens (tertiary/aromatic N) is 6. The Kier molecular flexibility index (Phi) is 5.32. The van der Waals surface area contributed by atoms with E-state index in [1.54, 1.807) is 15.3 Å². The van der Waals surface area contributed by atoms with Crippen LogP contribution in [-0.4, -0.2) is 62.6 Å². The quantitative estimate of drug-likeness (QED) is 0.522. The average molecular weight is 432 g/mol. The molecule has 1 aromatic carbocycles. The lowest BCUT2D eigenvalue weighted by Crippen LogP contribution is -2.37. The van der Waals surface area contributed by atoms with E-state index in [-0.39, 0.29) is 11.9 Å². The van der Waals surface area contributed by atoms with Gasteiger partial charge in [-0.1, -0.05) is 30.3 Å². The molecule has 1 N–H and O–H groups in total. The zero-order chi connectivity index (χ0) is 22.1. The molecule has 32 heavy (non-hydrogen) atoms. The number of morpholine rings is 1. The van der Waals surface area contributed by atoms with Gasteiger partial charge in [-0.3, -0.25) is 4.79 Å². The van der Waals surface area contributed by atoms with Crippen molar-refractivity contribution in [2.45, 2.75) is 19.9 Å². The van der Waals surface area contributed by atoms with Crippen LogP contribution in [0.5, 0.6) is 0 Å². The van der Waals surface area contributed by atoms with Crippen LogP contribution in [0.2, 0.25) is 0 Å². The van der Waals surface area contributed by atoms with E-state index in [2.05, 4.69) is 20.4 Å². The summed E-state index contributed by atoms with van der Waals surface area (Å²) in [6, 6.07) is 13.8. The van der Waals surface area contributed by atoms with Crippen molar-refractivity contribution in [2.24, 2.45) is 0 Å². The Balaban J connectivity index is 1.59. The molecule has 4 aromatic rings. The summed E-state index contributed by atoms with van der Waals surface area (Å²) in [7, 11) is 0. The Bertz CT molecular complexity index is 1240. The highest BCUT2D eigenvalue weighted by atomic mass is 16.5. The highest BCUT2D eigenvalue weighted by Gasteiger charge is 2.21. The van der Waals surface area contributed by atoms with Crippen LogP contribution < -0.4 is 10.2 Å². The van der Waals surface area contributed by atoms with Crippen molar-refractivity contribution in [3.63, 3.8) is 0 Å². The number of rotatable bonds is 5. The summed E-state index contributed by atoms with van der Waals surface area (Å²) < 4.78 is 9.00. The molecule has 4 heterocycles. The number of benzene rings is 1. The number of aromatic nitrogens is 5. The Morgan fingerprint density at radius 2 is 1.88 bits per heavy atom. The second kappa shape index (κ2) is 8.43. The molecule has 0 spiro atoms. The normalized spacial score (nSPS) is 14.3. The van der Waals surface area contributed by atoms with Gasteiger partial charge in [0, 0.05) is 43.0 Å². The van der Waals surface area contributed by atoms with Crippen molar-refractivity contribution in [3.8, 4) is 16.9 Å². The van der Waals surface area contributed by atoms with Gasteiger partial charge in [-0.15, -0.1) is 0 Å². The van der Waals surface area contributed by atoms with Crippen molar-refractivity contribution in [3.05, 3.63) is 60.6 Å². The molecular weight excluding hydrogens is 406 g/mol. The van der Waals surface area contributed by atoms with Crippen molar-refractivity contribution >= 4 is 17.4 Å². The maximum absolute atomic E-state index is 12.6. The molecule has 1 aliphatic heterocycles. The van der Waals surface area contributed by atoms with Gasteiger partial charge in [-0.2, -0.15) is 14.7 Å². The van der Waals surface area contributed by atoms with Gasteiger partial charge in [0.1, 0.15) is 5.82 Å². The minimum absolute atomic E-state index is 0.0232. The SMILES string of the molecule is CC(C)NC(=O)c1cc2nc(-n3cc(-c4ccccc4)cn3)cc(N3CCOCC3)n2n1. The molecule has 0 bridgehead atoms. The molecular formula is C23H25N7O2. The standard InChI is InChI=1S/C23H25N7O2/c1-16(2)25-23(31)19-12-21-26-20(13-22(30(21)27-19)28-8-10-32-11-9-28)29-15-18(14-24-29)17-6-4-3-5-7-17/h3-7,12-16H,8-11H2,1-2H3,(H,25,31). The molecule has 0 radical (unpaired) electrons. The van der Waals surface area contributed by atoms with Gasteiger partial charge in [-0.25, -0.2) is 9.67 Å². The van der Waals surface area contributed by atoms with Gasteiger partial charge in [-0.05, 0) is 19.4 Å². The number of amides is 1. The lowest BCUT2D eigenvalue weighted by molar-refractivity contribution is 0.0937. The third-order valence-electron chi connectivity index (χ3n) is 5.31. The monoisotopic (exact) mass is 431 g/mol. The van der Waals surface area contributed by atoms with Gasteiger partial charge in [0.25, 0.3) is 5.91 Å². The number of anilines is 1. The number of hydrogen-bond donors (Lipinski definition) is 1. The number of fused-ring (bicyclic) bond motifs is 1. The van der Waals surface area contributed by atoms with Gasteiger partial charge < -0.3 is 15.0 Å². The molecule has 1 amide bonds. The van der Waals surface area contributed by atoms with Crippen molar-refractivity contribution in [1.29, 1.82) is 0 Å². The Morgan fingerprint density at radius 1 is 1.09 bits per heavy atom. The fraction of sp³-hybridized carbons (Fsp3) is 0.304. The second-order valence-electron chi connectivity index (χ2n) is 8.04. The number of hydrogen-bond acceptors (Lipinski definition) is 6. The number of nitrogens with one attached hydrogen (secondary N) is 1. The van der Waals surface area contributed by atoms with Crippen molar-refractivity contribution in [2.75, 3.05) is 31.2 Å². The third kappa shape index (κ3) is 3.94. The summed E-state index contributed by atoms with van der Waals surface area (Å²) in [4.78, 5) is 19.5.